The molecule has 0 N–H and O–H groups in total. The van der Waals surface area contributed by atoms with E-state index < -0.39 is 0 Å². The molecule has 0 fully saturated rings. The van der Waals surface area contributed by atoms with E-state index in [4.69, 9.17) is 0 Å². The molecule has 0 nitrogen and oxygen atoms in total. The minimum absolute atomic E-state index is 0. The van der Waals surface area contributed by atoms with Gasteiger partial charge in [-0.25, -0.2) is 0 Å². The number of hydrogen-bond acceptors (Lipinski definition) is 0. The van der Waals surface area contributed by atoms with Crippen LogP contribution >= 0.6 is 0 Å². The molecular weight excluding hydrogens is 308 g/mol. The van der Waals surface area contributed by atoms with Crippen molar-refractivity contribution in [3.05, 3.63) is 0 Å². The average molecular weight is 312 g/mol. The Hall–Kier alpha value is 4.08. The van der Waals surface area contributed by atoms with Gasteiger partial charge in [-0.2, -0.15) is 0 Å². The predicted molar refractivity (Wildman–Crippen MR) is 17.1 cm³/mol. The second-order valence-electron chi connectivity index (χ2n) is 0. The van der Waals surface area contributed by atoms with Crippen molar-refractivity contribution in [2.45, 2.75) is 0 Å². The molecule has 0 radical (unpaired) electrons. The zero-order chi connectivity index (χ0) is 0. The molecule has 0 amide bonds. The van der Waals surface area contributed by atoms with E-state index in [2.05, 4.69) is 0 Å². The van der Waals surface area contributed by atoms with E-state index in [0.717, 1.165) is 0 Å². The van der Waals surface area contributed by atoms with E-state index in [-0.39, 0.29) is 126 Å². The van der Waals surface area contributed by atoms with Gasteiger partial charge in [-0.3, -0.25) is 0 Å². The molecule has 0 heterocycles. The second kappa shape index (κ2) is 15.7. The SMILES string of the molecule is [BaH2].[CaH2].[Zn].[Zn]. The molecule has 0 unspecified atom stereocenters. The van der Waals surface area contributed by atoms with Gasteiger partial charge in [0.1, 0.15) is 0 Å². The van der Waals surface area contributed by atoms with Crippen LogP contribution in [0.5, 0.6) is 0 Å². The smallest absolute Gasteiger partial charge is 0 e. The molecule has 0 aliphatic rings. The summed E-state index contributed by atoms with van der Waals surface area (Å²) in [7, 11) is 0. The molecule has 0 aromatic rings. The van der Waals surface area contributed by atoms with Crippen LogP contribution in [0.1, 0.15) is 0 Å². The molecule has 0 saturated heterocycles. The molecule has 0 aliphatic heterocycles. The zero-order valence-electron chi connectivity index (χ0n) is 1.41. The van der Waals surface area contributed by atoms with Gasteiger partial charge in [0.25, 0.3) is 0 Å². The second-order valence-corrected chi connectivity index (χ2v) is 0. The first-order chi connectivity index (χ1) is 0. The summed E-state index contributed by atoms with van der Waals surface area (Å²) >= 11 is 0. The Morgan fingerprint density at radius 1 is 0.750 bits per heavy atom. The first kappa shape index (κ1) is 24.3. The van der Waals surface area contributed by atoms with Crippen LogP contribution in [0, 0.1) is 0 Å². The summed E-state index contributed by atoms with van der Waals surface area (Å²) in [6.45, 7) is 0. The summed E-state index contributed by atoms with van der Waals surface area (Å²) < 4.78 is 0. The van der Waals surface area contributed by atoms with Crippen LogP contribution in [0.2, 0.25) is 0 Å². The summed E-state index contributed by atoms with van der Waals surface area (Å²) in [5.74, 6) is 0. The Bertz CT molecular complexity index is 6.00. The number of hydrogen-bond donors (Lipinski definition) is 0. The fourth-order valence-corrected chi connectivity index (χ4v) is 0. The first-order valence-electron chi connectivity index (χ1n) is 0. The van der Waals surface area contributed by atoms with Gasteiger partial charge in [0.05, 0.1) is 0 Å². The average Bonchev–Trinajstić information content (AvgIpc) is 0. The van der Waals surface area contributed by atoms with E-state index in [0.29, 0.717) is 0 Å². The third-order valence-corrected chi connectivity index (χ3v) is 0. The maximum atomic E-state index is 0. The van der Waals surface area contributed by atoms with Crippen molar-refractivity contribution in [2.75, 3.05) is 0 Å². The van der Waals surface area contributed by atoms with Crippen LogP contribution in [0.25, 0.3) is 0 Å². The monoisotopic (exact) mass is 310 g/mol. The summed E-state index contributed by atoms with van der Waals surface area (Å²) in [5.41, 5.74) is 0. The standard InChI is InChI=1S/Ba.Ca.2Zn.4H. The van der Waals surface area contributed by atoms with Crippen molar-refractivity contribution in [1.82, 2.24) is 0 Å². The van der Waals surface area contributed by atoms with Crippen LogP contribution in [-0.2, 0) is 39.0 Å². The Morgan fingerprint density at radius 3 is 0.750 bits per heavy atom. The van der Waals surface area contributed by atoms with Gasteiger partial charge >= 0.3 is 86.6 Å². The largest absolute Gasteiger partial charge is 0 e. The van der Waals surface area contributed by atoms with E-state index in [9.17, 15) is 0 Å². The molecule has 0 bridgehead atoms. The topological polar surface area (TPSA) is 0 Å². The molecule has 0 rings (SSSR count). The van der Waals surface area contributed by atoms with Crippen LogP contribution in [0.3, 0.4) is 0 Å². The van der Waals surface area contributed by atoms with E-state index >= 15 is 0 Å². The molecule has 0 aromatic heterocycles. The molecule has 0 atom stereocenters. The maximum Gasteiger partial charge on any atom is 0 e. The van der Waals surface area contributed by atoms with Gasteiger partial charge in [0, 0.05) is 39.0 Å². The Labute approximate surface area is 122 Å². The van der Waals surface area contributed by atoms with Gasteiger partial charge in [0.2, 0.25) is 0 Å². The van der Waals surface area contributed by atoms with Crippen molar-refractivity contribution in [2.24, 2.45) is 0 Å². The van der Waals surface area contributed by atoms with E-state index in [1.165, 1.54) is 0 Å². The van der Waals surface area contributed by atoms with Crippen LogP contribution < -0.4 is 0 Å². The normalized spacial score (nSPS) is 0. The zero-order valence-corrected chi connectivity index (χ0v) is 7.35. The Kier molecular flexibility index (Phi) is 95.7. The predicted octanol–water partition coefficient (Wildman–Crippen LogP) is -1.84. The molecule has 4 heavy (non-hydrogen) atoms. The Balaban J connectivity index is 0. The molecule has 12 valence electrons. The minimum Gasteiger partial charge on any atom is 0 e. The van der Waals surface area contributed by atoms with E-state index in [1.807, 2.05) is 0 Å². The van der Waals surface area contributed by atoms with E-state index in [1.54, 1.807) is 0 Å². The Morgan fingerprint density at radius 2 is 0.750 bits per heavy atom. The van der Waals surface area contributed by atoms with Crippen LogP contribution in [-0.4, -0.2) is 86.6 Å². The van der Waals surface area contributed by atoms with Crippen molar-refractivity contribution in [3.8, 4) is 0 Å². The third-order valence-electron chi connectivity index (χ3n) is 0. The van der Waals surface area contributed by atoms with Crippen molar-refractivity contribution in [1.29, 1.82) is 0 Å². The van der Waals surface area contributed by atoms with Crippen molar-refractivity contribution in [3.63, 3.8) is 0 Å². The van der Waals surface area contributed by atoms with Crippen molar-refractivity contribution < 1.29 is 39.0 Å². The first-order valence-corrected chi connectivity index (χ1v) is 0. The molecule has 0 aromatic carbocycles. The van der Waals surface area contributed by atoms with Gasteiger partial charge in [0.15, 0.2) is 0 Å². The fourth-order valence-electron chi connectivity index (χ4n) is 0. The van der Waals surface area contributed by atoms with Gasteiger partial charge in [-0.05, 0) is 0 Å². The summed E-state index contributed by atoms with van der Waals surface area (Å²) in [5, 5.41) is 0. The fraction of sp³-hybridized carbons (Fsp3) is 0. The molecule has 0 spiro atoms. The molecule has 4 heteroatoms. The summed E-state index contributed by atoms with van der Waals surface area (Å²) in [4.78, 5) is 0. The summed E-state index contributed by atoms with van der Waals surface area (Å²) in [6.07, 6.45) is 0. The van der Waals surface area contributed by atoms with Crippen molar-refractivity contribution >= 4 is 86.6 Å². The number of rotatable bonds is 0. The third kappa shape index (κ3) is 9.42. The quantitative estimate of drug-likeness (QED) is 0.461. The van der Waals surface area contributed by atoms with Crippen LogP contribution in [0.15, 0.2) is 0 Å². The van der Waals surface area contributed by atoms with Gasteiger partial charge in [-0.1, -0.05) is 0 Å². The summed E-state index contributed by atoms with van der Waals surface area (Å²) in [6, 6.07) is 0. The van der Waals surface area contributed by atoms with Gasteiger partial charge < -0.3 is 0 Å². The molecule has 0 saturated carbocycles. The van der Waals surface area contributed by atoms with Crippen LogP contribution in [0.4, 0.5) is 0 Å². The molecular formula is H4BaCaZn2. The van der Waals surface area contributed by atoms with Gasteiger partial charge in [-0.15, -0.1) is 0 Å². The maximum absolute atomic E-state index is 0. The molecule has 0 aliphatic carbocycles. The minimum atomic E-state index is 0.